The number of thiol groups is 1. The highest BCUT2D eigenvalue weighted by Gasteiger charge is 2.11. The normalized spacial score (nSPS) is 9.29. The van der Waals surface area contributed by atoms with Gasteiger partial charge in [-0.1, -0.05) is 0 Å². The molecule has 0 aliphatic rings. The Morgan fingerprint density at radius 2 is 2.21 bits per heavy atom. The van der Waals surface area contributed by atoms with E-state index in [1.54, 1.807) is 13.0 Å². The number of carbonyl (C=O) groups is 1. The molecule has 0 saturated carbocycles. The molecule has 1 aromatic carbocycles. The average molecular weight is 207 g/mol. The highest BCUT2D eigenvalue weighted by Crippen LogP contribution is 2.19. The summed E-state index contributed by atoms with van der Waals surface area (Å²) < 4.78 is 4.58. The molecule has 3 nitrogen and oxygen atoms in total. The van der Waals surface area contributed by atoms with Crippen LogP contribution in [0.1, 0.15) is 21.5 Å². The van der Waals surface area contributed by atoms with E-state index < -0.39 is 5.97 Å². The summed E-state index contributed by atoms with van der Waals surface area (Å²) >= 11 is 4.12. The number of nitriles is 1. The molecule has 0 N–H and O–H groups in total. The Morgan fingerprint density at radius 1 is 1.57 bits per heavy atom. The molecule has 0 saturated heterocycles. The summed E-state index contributed by atoms with van der Waals surface area (Å²) in [7, 11) is 1.31. The van der Waals surface area contributed by atoms with E-state index in [0.29, 0.717) is 16.0 Å². The minimum absolute atomic E-state index is 0.374. The molecule has 0 bridgehead atoms. The second-order valence-corrected chi connectivity index (χ2v) is 3.27. The van der Waals surface area contributed by atoms with Gasteiger partial charge in [0.05, 0.1) is 18.2 Å². The van der Waals surface area contributed by atoms with Gasteiger partial charge in [-0.05, 0) is 24.6 Å². The molecule has 0 spiro atoms. The topological polar surface area (TPSA) is 50.1 Å². The number of rotatable bonds is 1. The third-order valence-corrected chi connectivity index (χ3v) is 2.24. The van der Waals surface area contributed by atoms with Crippen molar-refractivity contribution in [3.63, 3.8) is 0 Å². The summed E-state index contributed by atoms with van der Waals surface area (Å²) in [5, 5.41) is 8.74. The Morgan fingerprint density at radius 3 is 2.71 bits per heavy atom. The lowest BCUT2D eigenvalue weighted by molar-refractivity contribution is 0.0600. The van der Waals surface area contributed by atoms with Gasteiger partial charge < -0.3 is 4.74 Å². The molecule has 0 aromatic heterocycles. The number of methoxy groups -OCH3 is 1. The molecule has 0 radical (unpaired) electrons. The van der Waals surface area contributed by atoms with E-state index in [-0.39, 0.29) is 0 Å². The van der Waals surface area contributed by atoms with Gasteiger partial charge in [-0.2, -0.15) is 5.26 Å². The van der Waals surface area contributed by atoms with Crippen molar-refractivity contribution in [3.8, 4) is 6.07 Å². The van der Waals surface area contributed by atoms with Crippen molar-refractivity contribution >= 4 is 18.6 Å². The third-order valence-electron chi connectivity index (χ3n) is 1.87. The zero-order valence-electron chi connectivity index (χ0n) is 7.87. The molecule has 4 heteroatoms. The van der Waals surface area contributed by atoms with Crippen LogP contribution in [0, 0.1) is 18.3 Å². The van der Waals surface area contributed by atoms with E-state index in [0.717, 1.165) is 5.56 Å². The van der Waals surface area contributed by atoms with Gasteiger partial charge in [0.15, 0.2) is 0 Å². The van der Waals surface area contributed by atoms with Crippen molar-refractivity contribution in [2.45, 2.75) is 11.8 Å². The maximum Gasteiger partial charge on any atom is 0.338 e. The highest BCUT2D eigenvalue weighted by atomic mass is 32.1. The maximum atomic E-state index is 11.3. The monoisotopic (exact) mass is 207 g/mol. The van der Waals surface area contributed by atoms with Crippen LogP contribution in [0.3, 0.4) is 0 Å². The molecule has 0 aliphatic carbocycles. The molecule has 14 heavy (non-hydrogen) atoms. The fourth-order valence-electron chi connectivity index (χ4n) is 1.11. The first-order valence-electron chi connectivity index (χ1n) is 3.92. The Hall–Kier alpha value is -1.47. The van der Waals surface area contributed by atoms with Gasteiger partial charge in [0, 0.05) is 4.90 Å². The van der Waals surface area contributed by atoms with Gasteiger partial charge in [0.1, 0.15) is 6.07 Å². The van der Waals surface area contributed by atoms with Crippen molar-refractivity contribution in [1.82, 2.24) is 0 Å². The van der Waals surface area contributed by atoms with Crippen LogP contribution >= 0.6 is 12.6 Å². The summed E-state index contributed by atoms with van der Waals surface area (Å²) in [6.45, 7) is 1.77. The molecular formula is C10H9NO2S. The first-order valence-corrected chi connectivity index (χ1v) is 4.37. The molecule has 0 atom stereocenters. The number of hydrogen-bond donors (Lipinski definition) is 1. The van der Waals surface area contributed by atoms with Crippen molar-refractivity contribution in [2.75, 3.05) is 7.11 Å². The predicted octanol–water partition coefficient (Wildman–Crippen LogP) is 1.94. The van der Waals surface area contributed by atoms with Gasteiger partial charge in [-0.3, -0.25) is 0 Å². The molecule has 72 valence electrons. The number of ether oxygens (including phenoxy) is 1. The fraction of sp³-hybridized carbons (Fsp3) is 0.200. The van der Waals surface area contributed by atoms with E-state index in [1.807, 2.05) is 6.07 Å². The van der Waals surface area contributed by atoms with Gasteiger partial charge in [0.2, 0.25) is 0 Å². The number of nitrogens with zero attached hydrogens (tertiary/aromatic N) is 1. The number of benzene rings is 1. The number of esters is 1. The molecule has 0 unspecified atom stereocenters. The smallest absolute Gasteiger partial charge is 0.338 e. The zero-order chi connectivity index (χ0) is 10.7. The van der Waals surface area contributed by atoms with Crippen LogP contribution in [0.4, 0.5) is 0 Å². The average Bonchev–Trinajstić information content (AvgIpc) is 2.17. The van der Waals surface area contributed by atoms with Crippen molar-refractivity contribution in [3.05, 3.63) is 28.8 Å². The summed E-state index contributed by atoms with van der Waals surface area (Å²) in [5.74, 6) is -0.438. The molecule has 1 rings (SSSR count). The quantitative estimate of drug-likeness (QED) is 0.565. The highest BCUT2D eigenvalue weighted by molar-refractivity contribution is 7.80. The van der Waals surface area contributed by atoms with Gasteiger partial charge in [-0.15, -0.1) is 12.6 Å². The molecule has 0 fully saturated rings. The Balaban J connectivity index is 3.33. The van der Waals surface area contributed by atoms with Crippen molar-refractivity contribution in [1.29, 1.82) is 5.26 Å². The van der Waals surface area contributed by atoms with Crippen LogP contribution in [0.5, 0.6) is 0 Å². The largest absolute Gasteiger partial charge is 0.465 e. The number of aryl methyl sites for hydroxylation is 1. The molecule has 0 aliphatic heterocycles. The lowest BCUT2D eigenvalue weighted by Crippen LogP contribution is -2.04. The van der Waals surface area contributed by atoms with Gasteiger partial charge in [0.25, 0.3) is 0 Å². The van der Waals surface area contributed by atoms with E-state index in [9.17, 15) is 4.79 Å². The summed E-state index contributed by atoms with van der Waals surface area (Å²) in [4.78, 5) is 11.8. The van der Waals surface area contributed by atoms with Gasteiger partial charge in [-0.25, -0.2) is 4.79 Å². The number of carbonyl (C=O) groups excluding carboxylic acids is 1. The molecular weight excluding hydrogens is 198 g/mol. The fourth-order valence-corrected chi connectivity index (χ4v) is 1.42. The van der Waals surface area contributed by atoms with Crippen molar-refractivity contribution in [2.24, 2.45) is 0 Å². The van der Waals surface area contributed by atoms with Crippen LogP contribution in [0.2, 0.25) is 0 Å². The van der Waals surface area contributed by atoms with Crippen molar-refractivity contribution < 1.29 is 9.53 Å². The van der Waals surface area contributed by atoms with E-state index in [4.69, 9.17) is 5.26 Å². The molecule has 0 heterocycles. The summed E-state index contributed by atoms with van der Waals surface area (Å²) in [6.07, 6.45) is 0. The Bertz CT molecular complexity index is 421. The molecule has 0 amide bonds. The third kappa shape index (κ3) is 1.88. The summed E-state index contributed by atoms with van der Waals surface area (Å²) in [5.41, 5.74) is 1.53. The molecule has 1 aromatic rings. The SMILES string of the molecule is COC(=O)c1cc(C#N)c(S)cc1C. The van der Waals surface area contributed by atoms with E-state index >= 15 is 0 Å². The predicted molar refractivity (Wildman–Crippen MR) is 54.5 cm³/mol. The van der Waals surface area contributed by atoms with Crippen LogP contribution in [-0.4, -0.2) is 13.1 Å². The van der Waals surface area contributed by atoms with Gasteiger partial charge >= 0.3 is 5.97 Å². The van der Waals surface area contributed by atoms with E-state index in [1.165, 1.54) is 13.2 Å². The second kappa shape index (κ2) is 4.16. The Kier molecular flexibility index (Phi) is 3.15. The Labute approximate surface area is 87.7 Å². The first-order chi connectivity index (χ1) is 6.60. The first kappa shape index (κ1) is 10.6. The van der Waals surface area contributed by atoms with Crippen LogP contribution in [0.15, 0.2) is 17.0 Å². The number of hydrogen-bond acceptors (Lipinski definition) is 4. The minimum Gasteiger partial charge on any atom is -0.465 e. The zero-order valence-corrected chi connectivity index (χ0v) is 8.76. The lowest BCUT2D eigenvalue weighted by atomic mass is 10.1. The van der Waals surface area contributed by atoms with E-state index in [2.05, 4.69) is 17.4 Å². The summed E-state index contributed by atoms with van der Waals surface area (Å²) in [6, 6.07) is 5.12. The lowest BCUT2D eigenvalue weighted by Gasteiger charge is -2.05. The van der Waals surface area contributed by atoms with Crippen LogP contribution in [0.25, 0.3) is 0 Å². The van der Waals surface area contributed by atoms with Crippen LogP contribution in [-0.2, 0) is 4.74 Å². The minimum atomic E-state index is -0.438. The second-order valence-electron chi connectivity index (χ2n) is 2.79. The standard InChI is InChI=1S/C10H9NO2S/c1-6-3-9(14)7(5-11)4-8(6)10(12)13-2/h3-4,14H,1-2H3. The maximum absolute atomic E-state index is 11.3. The van der Waals surface area contributed by atoms with Crippen LogP contribution < -0.4 is 0 Å².